The molecule has 0 saturated heterocycles. The number of Topliss-reactive ketones (excluding diaryl/α,β-unsaturated/α-hetero) is 1. The van der Waals surface area contributed by atoms with E-state index in [1.54, 1.807) is 7.11 Å². The molecule has 0 unspecified atom stereocenters. The van der Waals surface area contributed by atoms with Crippen LogP contribution >= 0.6 is 0 Å². The molecular formula is C15H21NO2. The Morgan fingerprint density at radius 3 is 2.61 bits per heavy atom. The third-order valence-corrected chi connectivity index (χ3v) is 4.85. The Balaban J connectivity index is 2.46. The molecule has 0 spiro atoms. The smallest absolute Gasteiger partial charge is 0.226 e. The third-order valence-electron chi connectivity index (χ3n) is 4.85. The Labute approximate surface area is 109 Å². The van der Waals surface area contributed by atoms with Crippen LogP contribution in [0.25, 0.3) is 4.85 Å². The minimum atomic E-state index is -0.428. The molecule has 2 aliphatic carbocycles. The second-order valence-electron chi connectivity index (χ2n) is 6.39. The molecule has 2 aliphatic rings. The van der Waals surface area contributed by atoms with Crippen LogP contribution in [0.3, 0.4) is 0 Å². The molecule has 0 bridgehead atoms. The summed E-state index contributed by atoms with van der Waals surface area (Å²) in [4.78, 5) is 15.7. The maximum absolute atomic E-state index is 12.3. The van der Waals surface area contributed by atoms with Crippen LogP contribution < -0.4 is 0 Å². The van der Waals surface area contributed by atoms with Gasteiger partial charge in [-0.1, -0.05) is 26.8 Å². The lowest BCUT2D eigenvalue weighted by atomic mass is 9.53. The van der Waals surface area contributed by atoms with Crippen LogP contribution in [0, 0.1) is 23.3 Å². The summed E-state index contributed by atoms with van der Waals surface area (Å²) in [6.07, 6.45) is 5.07. The average Bonchev–Trinajstić information content (AvgIpc) is 2.33. The van der Waals surface area contributed by atoms with Crippen LogP contribution in [0.4, 0.5) is 0 Å². The molecule has 3 heteroatoms. The van der Waals surface area contributed by atoms with Crippen LogP contribution in [0.2, 0.25) is 0 Å². The number of methoxy groups -OCH3 is 1. The van der Waals surface area contributed by atoms with Gasteiger partial charge in [-0.2, -0.15) is 0 Å². The first-order chi connectivity index (χ1) is 8.35. The molecule has 18 heavy (non-hydrogen) atoms. The van der Waals surface area contributed by atoms with E-state index in [4.69, 9.17) is 11.3 Å². The largest absolute Gasteiger partial charge is 0.381 e. The summed E-state index contributed by atoms with van der Waals surface area (Å²) in [5.74, 6) is 0.324. The number of ether oxygens (including phenoxy) is 1. The predicted octanol–water partition coefficient (Wildman–Crippen LogP) is 3.22. The summed E-state index contributed by atoms with van der Waals surface area (Å²) in [6, 6.07) is 0. The molecule has 3 atom stereocenters. The van der Waals surface area contributed by atoms with Crippen molar-refractivity contribution < 1.29 is 9.53 Å². The fourth-order valence-electron chi connectivity index (χ4n) is 3.91. The number of nitrogens with zero attached hydrogens (tertiary/aromatic N) is 1. The number of hydrogen-bond acceptors (Lipinski definition) is 2. The number of fused-ring (bicyclic) bond motifs is 1. The zero-order valence-corrected chi connectivity index (χ0v) is 11.6. The number of hydrogen-bond donors (Lipinski definition) is 0. The Hall–Kier alpha value is -1.14. The lowest BCUT2D eigenvalue weighted by molar-refractivity contribution is -0.133. The highest BCUT2D eigenvalue weighted by molar-refractivity contribution is 6.02. The van der Waals surface area contributed by atoms with E-state index in [2.05, 4.69) is 11.8 Å². The van der Waals surface area contributed by atoms with E-state index >= 15 is 0 Å². The van der Waals surface area contributed by atoms with Crippen molar-refractivity contribution in [3.8, 4) is 0 Å². The second kappa shape index (κ2) is 4.20. The van der Waals surface area contributed by atoms with Gasteiger partial charge in [-0.15, -0.1) is 0 Å². The van der Waals surface area contributed by atoms with Gasteiger partial charge >= 0.3 is 0 Å². The maximum Gasteiger partial charge on any atom is 0.226 e. The Kier molecular flexibility index (Phi) is 3.11. The second-order valence-corrected chi connectivity index (χ2v) is 6.39. The summed E-state index contributed by atoms with van der Waals surface area (Å²) in [6.45, 7) is 13.3. The number of rotatable bonds is 1. The van der Waals surface area contributed by atoms with Gasteiger partial charge in [-0.25, -0.2) is 4.85 Å². The van der Waals surface area contributed by atoms with E-state index in [0.717, 1.165) is 19.3 Å². The van der Waals surface area contributed by atoms with Crippen molar-refractivity contribution in [3.05, 3.63) is 23.2 Å². The molecule has 0 heterocycles. The van der Waals surface area contributed by atoms with Gasteiger partial charge in [0, 0.05) is 12.5 Å². The van der Waals surface area contributed by atoms with Crippen molar-refractivity contribution in [2.24, 2.45) is 16.7 Å². The van der Waals surface area contributed by atoms with Crippen molar-refractivity contribution in [1.82, 2.24) is 0 Å². The molecule has 0 radical (unpaired) electrons. The Morgan fingerprint density at radius 2 is 2.06 bits per heavy atom. The molecule has 3 nitrogen and oxygen atoms in total. The van der Waals surface area contributed by atoms with Gasteiger partial charge in [0.2, 0.25) is 5.70 Å². The van der Waals surface area contributed by atoms with Gasteiger partial charge in [0.1, 0.15) is 0 Å². The quantitative estimate of drug-likeness (QED) is 0.666. The molecule has 1 saturated carbocycles. The topological polar surface area (TPSA) is 30.7 Å². The molecule has 0 aromatic carbocycles. The SMILES string of the molecule is [C-]#[N+]C1=C[C@]2(C)C[C@H](OC)CC[C@H]2C(C)(C)C1=O. The van der Waals surface area contributed by atoms with Gasteiger partial charge < -0.3 is 9.53 Å². The predicted molar refractivity (Wildman–Crippen MR) is 69.7 cm³/mol. The van der Waals surface area contributed by atoms with Crippen LogP contribution in [0.5, 0.6) is 0 Å². The van der Waals surface area contributed by atoms with Crippen molar-refractivity contribution in [2.45, 2.75) is 46.1 Å². The van der Waals surface area contributed by atoms with Crippen molar-refractivity contribution in [1.29, 1.82) is 0 Å². The van der Waals surface area contributed by atoms with E-state index in [0.29, 0.717) is 11.6 Å². The number of carbonyl (C=O) groups excluding carboxylic acids is 1. The normalized spacial score (nSPS) is 38.6. The maximum atomic E-state index is 12.3. The first-order valence-corrected chi connectivity index (χ1v) is 6.53. The van der Waals surface area contributed by atoms with E-state index in [9.17, 15) is 4.79 Å². The zero-order chi connectivity index (χ0) is 13.6. The molecule has 0 aromatic heterocycles. The number of ketones is 1. The minimum absolute atomic E-state index is 0.0100. The third kappa shape index (κ3) is 1.80. The molecule has 98 valence electrons. The van der Waals surface area contributed by atoms with E-state index in [-0.39, 0.29) is 17.3 Å². The monoisotopic (exact) mass is 247 g/mol. The molecule has 0 amide bonds. The first kappa shape index (κ1) is 13.3. The lowest BCUT2D eigenvalue weighted by Crippen LogP contribution is -2.50. The highest BCUT2D eigenvalue weighted by atomic mass is 16.5. The van der Waals surface area contributed by atoms with Gasteiger partial charge in [0.15, 0.2) is 5.78 Å². The van der Waals surface area contributed by atoms with Crippen LogP contribution in [-0.4, -0.2) is 19.0 Å². The highest BCUT2D eigenvalue weighted by Gasteiger charge is 2.53. The van der Waals surface area contributed by atoms with Gasteiger partial charge in [-0.3, -0.25) is 0 Å². The van der Waals surface area contributed by atoms with Crippen LogP contribution in [0.1, 0.15) is 40.0 Å². The zero-order valence-electron chi connectivity index (χ0n) is 11.6. The summed E-state index contributed by atoms with van der Waals surface area (Å²) >= 11 is 0. The lowest BCUT2D eigenvalue weighted by Gasteiger charge is -2.52. The van der Waals surface area contributed by atoms with Crippen molar-refractivity contribution in [3.63, 3.8) is 0 Å². The molecule has 0 aliphatic heterocycles. The number of carbonyl (C=O) groups is 1. The first-order valence-electron chi connectivity index (χ1n) is 6.53. The summed E-state index contributed by atoms with van der Waals surface area (Å²) in [5, 5.41) is 0. The van der Waals surface area contributed by atoms with E-state index in [1.165, 1.54) is 0 Å². The van der Waals surface area contributed by atoms with Gasteiger partial charge in [-0.05, 0) is 30.6 Å². The average molecular weight is 247 g/mol. The van der Waals surface area contributed by atoms with Crippen LogP contribution in [-0.2, 0) is 9.53 Å². The molecule has 0 N–H and O–H groups in total. The Morgan fingerprint density at radius 1 is 1.39 bits per heavy atom. The Bertz CT molecular complexity index is 444. The summed E-state index contributed by atoms with van der Waals surface area (Å²) in [5.41, 5.74) is -0.200. The number of allylic oxidation sites excluding steroid dienone is 2. The van der Waals surface area contributed by atoms with Gasteiger partial charge in [0.05, 0.1) is 12.7 Å². The van der Waals surface area contributed by atoms with E-state index in [1.807, 2.05) is 19.9 Å². The fraction of sp³-hybridized carbons (Fsp3) is 0.733. The molecule has 2 rings (SSSR count). The molecule has 0 aromatic rings. The molecule has 1 fully saturated rings. The van der Waals surface area contributed by atoms with Crippen LogP contribution in [0.15, 0.2) is 11.8 Å². The van der Waals surface area contributed by atoms with E-state index < -0.39 is 5.41 Å². The van der Waals surface area contributed by atoms with Gasteiger partial charge in [0.25, 0.3) is 0 Å². The standard InChI is InChI=1S/C15H21NO2/c1-14(2)12-7-6-10(18-5)8-15(12,3)9-11(16-4)13(14)17/h9-10,12H,6-8H2,1-3,5H3/t10-,12+,15+/m1/s1. The molecular weight excluding hydrogens is 226 g/mol. The highest BCUT2D eigenvalue weighted by Crippen LogP contribution is 2.55. The minimum Gasteiger partial charge on any atom is -0.381 e. The van der Waals surface area contributed by atoms with Crippen molar-refractivity contribution in [2.75, 3.05) is 7.11 Å². The van der Waals surface area contributed by atoms with Crippen molar-refractivity contribution >= 4 is 5.78 Å². The summed E-state index contributed by atoms with van der Waals surface area (Å²) < 4.78 is 5.48. The fourth-order valence-corrected chi connectivity index (χ4v) is 3.91. The summed E-state index contributed by atoms with van der Waals surface area (Å²) in [7, 11) is 1.74.